The van der Waals surface area contributed by atoms with Gasteiger partial charge in [0.15, 0.2) is 11.0 Å². The van der Waals surface area contributed by atoms with Crippen molar-refractivity contribution in [2.45, 2.75) is 50.5 Å². The van der Waals surface area contributed by atoms with Gasteiger partial charge in [-0.05, 0) is 61.1 Å². The third-order valence-electron chi connectivity index (χ3n) is 6.81. The van der Waals surface area contributed by atoms with Gasteiger partial charge >= 0.3 is 0 Å². The Morgan fingerprint density at radius 1 is 1.07 bits per heavy atom. The third kappa shape index (κ3) is 7.21. The fourth-order valence-corrected chi connectivity index (χ4v) is 6.79. The summed E-state index contributed by atoms with van der Waals surface area (Å²) in [6.07, 6.45) is 5.65. The number of carbonyl (C=O) groups excluding carboxylic acids is 2. The fourth-order valence-electron chi connectivity index (χ4n) is 4.72. The molecule has 0 aliphatic heterocycles. The minimum absolute atomic E-state index is 0.113. The molecule has 0 radical (unpaired) electrons. The van der Waals surface area contributed by atoms with E-state index in [9.17, 15) is 9.59 Å². The molecule has 0 saturated heterocycles. The number of ether oxygens (including phenoxy) is 2. The number of allylic oxidation sites excluding steroid dienone is 1. The second-order valence-electron chi connectivity index (χ2n) is 9.68. The van der Waals surface area contributed by atoms with E-state index in [1.165, 1.54) is 28.0 Å². The van der Waals surface area contributed by atoms with Gasteiger partial charge in [-0.2, -0.15) is 0 Å². The number of carbonyl (C=O) groups is 2. The summed E-state index contributed by atoms with van der Waals surface area (Å²) in [5.41, 5.74) is 2.68. The van der Waals surface area contributed by atoms with Gasteiger partial charge in [0, 0.05) is 18.0 Å². The molecule has 2 N–H and O–H groups in total. The Kier molecular flexibility index (Phi) is 9.94. The molecule has 0 saturated carbocycles. The molecular weight excluding hydrogens is 571 g/mol. The van der Waals surface area contributed by atoms with Crippen molar-refractivity contribution in [1.29, 1.82) is 0 Å². The highest BCUT2D eigenvalue weighted by atomic mass is 32.2. The van der Waals surface area contributed by atoms with Crippen molar-refractivity contribution in [3.8, 4) is 11.5 Å². The number of hydrogen-bond acceptors (Lipinski definition) is 8. The topological polar surface area (TPSA) is 107 Å². The van der Waals surface area contributed by atoms with E-state index in [1.54, 1.807) is 13.2 Å². The number of thioether (sulfide) groups is 1. The molecule has 0 fully saturated rings. The minimum Gasteiger partial charge on any atom is -0.497 e. The molecule has 2 aromatic heterocycles. The van der Waals surface area contributed by atoms with Crippen molar-refractivity contribution in [1.82, 2.24) is 20.1 Å². The number of anilines is 1. The van der Waals surface area contributed by atoms with Gasteiger partial charge in [-0.1, -0.05) is 48.2 Å². The van der Waals surface area contributed by atoms with Crippen LogP contribution in [-0.2, 0) is 37.3 Å². The van der Waals surface area contributed by atoms with Gasteiger partial charge in [-0.3, -0.25) is 14.2 Å². The van der Waals surface area contributed by atoms with E-state index < -0.39 is 0 Å². The lowest BCUT2D eigenvalue weighted by atomic mass is 9.95. The van der Waals surface area contributed by atoms with Crippen molar-refractivity contribution in [2.75, 3.05) is 18.2 Å². The molecule has 0 bridgehead atoms. The van der Waals surface area contributed by atoms with Crippen LogP contribution in [0.4, 0.5) is 5.00 Å². The standard InChI is InChI=1S/C31H33N5O4S2/c1-3-17-36-26(19-40-23-15-13-22(39-2)14-16-23)34-35-31(36)41-20-27(37)33-30-28(24-11-7-8-12-25(24)42-30)29(38)32-18-21-9-5-4-6-10-21/h3-6,9-10,13-16H,1,7-8,11-12,17-20H2,2H3,(H,32,38)(H,33,37). The number of nitrogens with zero attached hydrogens (tertiary/aromatic N) is 3. The molecule has 0 unspecified atom stereocenters. The Morgan fingerprint density at radius 2 is 1.83 bits per heavy atom. The first-order valence-corrected chi connectivity index (χ1v) is 15.5. The molecule has 4 aromatic rings. The van der Waals surface area contributed by atoms with Crippen LogP contribution in [0.5, 0.6) is 11.5 Å². The molecule has 2 aromatic carbocycles. The van der Waals surface area contributed by atoms with Crippen LogP contribution in [-0.4, -0.2) is 39.4 Å². The van der Waals surface area contributed by atoms with E-state index in [2.05, 4.69) is 27.4 Å². The van der Waals surface area contributed by atoms with Crippen LogP contribution < -0.4 is 20.1 Å². The predicted octanol–water partition coefficient (Wildman–Crippen LogP) is 5.65. The summed E-state index contributed by atoms with van der Waals surface area (Å²) in [5, 5.41) is 15.8. The molecule has 2 heterocycles. The van der Waals surface area contributed by atoms with Gasteiger partial charge in [0.2, 0.25) is 5.91 Å². The maximum absolute atomic E-state index is 13.3. The Hall–Kier alpha value is -4.09. The van der Waals surface area contributed by atoms with Crippen LogP contribution in [0, 0.1) is 0 Å². The molecule has 218 valence electrons. The van der Waals surface area contributed by atoms with E-state index in [4.69, 9.17) is 9.47 Å². The predicted molar refractivity (Wildman–Crippen MR) is 165 cm³/mol. The molecule has 5 rings (SSSR count). The summed E-state index contributed by atoms with van der Waals surface area (Å²) in [5.74, 6) is 1.80. The number of benzene rings is 2. The van der Waals surface area contributed by atoms with E-state index >= 15 is 0 Å². The first kappa shape index (κ1) is 29.4. The number of aryl methyl sites for hydroxylation is 1. The van der Waals surface area contributed by atoms with Crippen LogP contribution in [0.25, 0.3) is 0 Å². The smallest absolute Gasteiger partial charge is 0.254 e. The molecule has 42 heavy (non-hydrogen) atoms. The van der Waals surface area contributed by atoms with Crippen LogP contribution >= 0.6 is 23.1 Å². The van der Waals surface area contributed by atoms with Gasteiger partial charge in [0.05, 0.1) is 18.4 Å². The molecule has 9 nitrogen and oxygen atoms in total. The summed E-state index contributed by atoms with van der Waals surface area (Å²) in [6, 6.07) is 17.1. The Labute approximate surface area is 253 Å². The van der Waals surface area contributed by atoms with E-state index in [1.807, 2.05) is 59.2 Å². The summed E-state index contributed by atoms with van der Waals surface area (Å²) in [6.45, 7) is 4.95. The number of fused-ring (bicyclic) bond motifs is 1. The molecule has 0 spiro atoms. The van der Waals surface area contributed by atoms with E-state index in [0.717, 1.165) is 42.6 Å². The lowest BCUT2D eigenvalue weighted by Gasteiger charge is -2.13. The van der Waals surface area contributed by atoms with Crippen LogP contribution in [0.1, 0.15) is 45.0 Å². The molecule has 1 aliphatic carbocycles. The summed E-state index contributed by atoms with van der Waals surface area (Å²) in [4.78, 5) is 27.6. The molecule has 0 atom stereocenters. The van der Waals surface area contributed by atoms with Gasteiger partial charge in [0.1, 0.15) is 23.1 Å². The number of rotatable bonds is 13. The third-order valence-corrected chi connectivity index (χ3v) is 8.99. The highest BCUT2D eigenvalue weighted by Gasteiger charge is 2.26. The number of amides is 2. The number of methoxy groups -OCH3 is 1. The summed E-state index contributed by atoms with van der Waals surface area (Å²) in [7, 11) is 1.61. The normalized spacial score (nSPS) is 12.3. The van der Waals surface area contributed by atoms with E-state index in [0.29, 0.717) is 40.4 Å². The quantitative estimate of drug-likeness (QED) is 0.150. The van der Waals surface area contributed by atoms with Crippen LogP contribution in [0.15, 0.2) is 72.4 Å². The SMILES string of the molecule is C=CCn1c(COc2ccc(OC)cc2)nnc1SCC(=O)Nc1sc2c(c1C(=O)NCc1ccccc1)CCCC2. The first-order chi connectivity index (χ1) is 20.6. The Bertz CT molecular complexity index is 1530. The van der Waals surface area contributed by atoms with Gasteiger partial charge in [0.25, 0.3) is 5.91 Å². The lowest BCUT2D eigenvalue weighted by molar-refractivity contribution is -0.113. The van der Waals surface area contributed by atoms with Crippen molar-refractivity contribution in [3.05, 3.63) is 94.6 Å². The van der Waals surface area contributed by atoms with Gasteiger partial charge in [-0.25, -0.2) is 0 Å². The number of aromatic nitrogens is 3. The fraction of sp³-hybridized carbons (Fsp3) is 0.290. The Balaban J connectivity index is 1.23. The van der Waals surface area contributed by atoms with Crippen molar-refractivity contribution in [2.24, 2.45) is 0 Å². The van der Waals surface area contributed by atoms with E-state index in [-0.39, 0.29) is 24.2 Å². The van der Waals surface area contributed by atoms with Crippen molar-refractivity contribution < 1.29 is 19.1 Å². The molecular formula is C31H33N5O4S2. The van der Waals surface area contributed by atoms with Crippen LogP contribution in [0.2, 0.25) is 0 Å². The molecule has 1 aliphatic rings. The monoisotopic (exact) mass is 603 g/mol. The zero-order valence-corrected chi connectivity index (χ0v) is 25.1. The average Bonchev–Trinajstić information content (AvgIpc) is 3.58. The summed E-state index contributed by atoms with van der Waals surface area (Å²) >= 11 is 2.79. The lowest BCUT2D eigenvalue weighted by Crippen LogP contribution is -2.25. The maximum atomic E-state index is 13.3. The van der Waals surface area contributed by atoms with Gasteiger partial charge < -0.3 is 20.1 Å². The van der Waals surface area contributed by atoms with Crippen LogP contribution in [0.3, 0.4) is 0 Å². The number of thiophene rings is 1. The highest BCUT2D eigenvalue weighted by molar-refractivity contribution is 7.99. The zero-order valence-electron chi connectivity index (χ0n) is 23.4. The number of hydrogen-bond donors (Lipinski definition) is 2. The summed E-state index contributed by atoms with van der Waals surface area (Å²) < 4.78 is 12.9. The molecule has 11 heteroatoms. The second kappa shape index (κ2) is 14.2. The first-order valence-electron chi connectivity index (χ1n) is 13.7. The zero-order chi connectivity index (χ0) is 29.3. The largest absolute Gasteiger partial charge is 0.497 e. The highest BCUT2D eigenvalue weighted by Crippen LogP contribution is 2.38. The second-order valence-corrected chi connectivity index (χ2v) is 11.7. The average molecular weight is 604 g/mol. The molecule has 2 amide bonds. The number of nitrogens with one attached hydrogen (secondary N) is 2. The van der Waals surface area contributed by atoms with Crippen molar-refractivity contribution in [3.63, 3.8) is 0 Å². The maximum Gasteiger partial charge on any atom is 0.254 e. The minimum atomic E-state index is -0.208. The Morgan fingerprint density at radius 3 is 2.60 bits per heavy atom. The van der Waals surface area contributed by atoms with Crippen molar-refractivity contribution >= 4 is 39.9 Å². The van der Waals surface area contributed by atoms with Gasteiger partial charge in [-0.15, -0.1) is 28.1 Å².